The van der Waals surface area contributed by atoms with E-state index < -0.39 is 0 Å². The number of carbonyl (C=O) groups excluding carboxylic acids is 2. The summed E-state index contributed by atoms with van der Waals surface area (Å²) in [5.74, 6) is 0.978. The largest absolute Gasteiger partial charge is 0.342 e. The van der Waals surface area contributed by atoms with Crippen molar-refractivity contribution >= 4 is 11.8 Å². The fourth-order valence-electron chi connectivity index (χ4n) is 6.81. The molecule has 4 heterocycles. The van der Waals surface area contributed by atoms with Gasteiger partial charge in [-0.25, -0.2) is 0 Å². The van der Waals surface area contributed by atoms with Crippen molar-refractivity contribution in [2.75, 3.05) is 46.3 Å². The van der Waals surface area contributed by atoms with Crippen LogP contribution in [-0.2, 0) is 4.79 Å². The average molecular weight is 397 g/mol. The lowest BCUT2D eigenvalue weighted by Gasteiger charge is -2.45. The van der Waals surface area contributed by atoms with Crippen LogP contribution in [0.3, 0.4) is 0 Å². The molecule has 1 aromatic rings. The number of piperidine rings is 1. The molecule has 2 amide bonds. The fourth-order valence-corrected chi connectivity index (χ4v) is 6.81. The van der Waals surface area contributed by atoms with Gasteiger partial charge in [0.1, 0.15) is 0 Å². The summed E-state index contributed by atoms with van der Waals surface area (Å²) in [6.07, 6.45) is 9.89. The van der Waals surface area contributed by atoms with Gasteiger partial charge in [0.2, 0.25) is 5.91 Å². The van der Waals surface area contributed by atoms with Gasteiger partial charge in [-0.1, -0.05) is 0 Å². The van der Waals surface area contributed by atoms with Crippen LogP contribution in [0.4, 0.5) is 0 Å². The lowest BCUT2D eigenvalue weighted by atomic mass is 9.65. The molecule has 1 spiro atoms. The zero-order valence-electron chi connectivity index (χ0n) is 17.5. The number of amides is 2. The normalized spacial score (nSPS) is 31.4. The molecular formula is C23H32N4O2. The average Bonchev–Trinajstić information content (AvgIpc) is 3.46. The maximum atomic E-state index is 13.6. The summed E-state index contributed by atoms with van der Waals surface area (Å²) >= 11 is 0. The maximum Gasteiger partial charge on any atom is 0.253 e. The van der Waals surface area contributed by atoms with Gasteiger partial charge in [0.25, 0.3) is 5.91 Å². The van der Waals surface area contributed by atoms with Crippen molar-refractivity contribution in [3.8, 4) is 0 Å². The molecule has 1 aromatic heterocycles. The van der Waals surface area contributed by atoms with Crippen LogP contribution >= 0.6 is 0 Å². The molecule has 6 nitrogen and oxygen atoms in total. The van der Waals surface area contributed by atoms with E-state index in [2.05, 4.69) is 21.8 Å². The van der Waals surface area contributed by atoms with E-state index in [9.17, 15) is 9.59 Å². The van der Waals surface area contributed by atoms with Gasteiger partial charge < -0.3 is 14.7 Å². The SMILES string of the molecule is CN1C[C@H]2C3(CCN(C(=O)c4ccncc4)CC3)CC[C@@]2(C(=O)N2CCCC2)C1. The highest BCUT2D eigenvalue weighted by Gasteiger charge is 2.64. The maximum absolute atomic E-state index is 13.6. The standard InChI is InChI=1S/C23H32N4O2/c1-25-16-19-22(6-7-23(19,17-25)21(29)27-12-2-3-13-27)8-14-26(15-9-22)20(28)18-4-10-24-11-5-18/h4-5,10-11,19H,2-3,6-9,12-17H2,1H3/t19-,23+/m0/s1. The van der Waals surface area contributed by atoms with E-state index in [-0.39, 0.29) is 16.7 Å². The third-order valence-electron chi connectivity index (χ3n) is 8.31. The summed E-state index contributed by atoms with van der Waals surface area (Å²) in [6, 6.07) is 3.60. The van der Waals surface area contributed by atoms with Crippen molar-refractivity contribution in [2.45, 2.75) is 38.5 Å². The van der Waals surface area contributed by atoms with Crippen molar-refractivity contribution in [3.05, 3.63) is 30.1 Å². The van der Waals surface area contributed by atoms with E-state index in [0.717, 1.165) is 83.4 Å². The number of aromatic nitrogens is 1. The van der Waals surface area contributed by atoms with Gasteiger partial charge >= 0.3 is 0 Å². The molecule has 0 radical (unpaired) electrons. The molecular weight excluding hydrogens is 364 g/mol. The van der Waals surface area contributed by atoms with Crippen LogP contribution in [0.5, 0.6) is 0 Å². The summed E-state index contributed by atoms with van der Waals surface area (Å²) < 4.78 is 0. The molecule has 6 heteroatoms. The number of rotatable bonds is 2. The number of pyridine rings is 1. The minimum atomic E-state index is -0.184. The van der Waals surface area contributed by atoms with E-state index >= 15 is 0 Å². The van der Waals surface area contributed by atoms with Gasteiger partial charge in [-0.05, 0) is 69.0 Å². The second-order valence-electron chi connectivity index (χ2n) is 9.80. The van der Waals surface area contributed by atoms with Gasteiger partial charge in [-0.3, -0.25) is 14.6 Å². The first kappa shape index (κ1) is 19.0. The van der Waals surface area contributed by atoms with Crippen LogP contribution in [0.2, 0.25) is 0 Å². The Morgan fingerprint density at radius 2 is 1.66 bits per heavy atom. The number of nitrogens with zero attached hydrogens (tertiary/aromatic N) is 4. The van der Waals surface area contributed by atoms with E-state index in [0.29, 0.717) is 11.8 Å². The highest BCUT2D eigenvalue weighted by Crippen LogP contribution is 2.62. The van der Waals surface area contributed by atoms with Crippen LogP contribution in [0, 0.1) is 16.7 Å². The molecule has 0 N–H and O–H groups in total. The molecule has 1 aliphatic carbocycles. The summed E-state index contributed by atoms with van der Waals surface area (Å²) in [5.41, 5.74) is 0.757. The summed E-state index contributed by atoms with van der Waals surface area (Å²) in [7, 11) is 2.17. The molecule has 0 unspecified atom stereocenters. The molecule has 3 aliphatic heterocycles. The first-order valence-electron chi connectivity index (χ1n) is 11.2. The Labute approximate surface area is 173 Å². The molecule has 2 atom stereocenters. The van der Waals surface area contributed by atoms with E-state index in [1.165, 1.54) is 0 Å². The van der Waals surface area contributed by atoms with E-state index in [1.807, 2.05) is 4.90 Å². The van der Waals surface area contributed by atoms with Gasteiger partial charge in [0.15, 0.2) is 0 Å². The predicted octanol–water partition coefficient (Wildman–Crippen LogP) is 2.27. The third-order valence-corrected chi connectivity index (χ3v) is 8.31. The number of carbonyl (C=O) groups is 2. The minimum Gasteiger partial charge on any atom is -0.342 e. The quantitative estimate of drug-likeness (QED) is 0.770. The number of likely N-dealkylation sites (tertiary alicyclic amines) is 3. The second-order valence-corrected chi connectivity index (χ2v) is 9.80. The zero-order valence-corrected chi connectivity index (χ0v) is 17.5. The van der Waals surface area contributed by atoms with Crippen LogP contribution in [0.15, 0.2) is 24.5 Å². The van der Waals surface area contributed by atoms with Gasteiger partial charge in [-0.15, -0.1) is 0 Å². The van der Waals surface area contributed by atoms with Crippen molar-refractivity contribution < 1.29 is 9.59 Å². The van der Waals surface area contributed by atoms with E-state index in [1.54, 1.807) is 24.5 Å². The fraction of sp³-hybridized carbons (Fsp3) is 0.696. The van der Waals surface area contributed by atoms with Gasteiger partial charge in [0, 0.05) is 57.2 Å². The number of hydrogen-bond donors (Lipinski definition) is 0. The first-order chi connectivity index (χ1) is 14.0. The lowest BCUT2D eigenvalue weighted by Crippen LogP contribution is -2.50. The molecule has 156 valence electrons. The Bertz CT molecular complexity index is 783. The number of fused-ring (bicyclic) bond motifs is 2. The summed E-state index contributed by atoms with van der Waals surface area (Å²) in [5, 5.41) is 0. The van der Waals surface area contributed by atoms with Crippen molar-refractivity contribution in [3.63, 3.8) is 0 Å². The zero-order chi connectivity index (χ0) is 20.1. The number of hydrogen-bond acceptors (Lipinski definition) is 4. The smallest absolute Gasteiger partial charge is 0.253 e. The van der Waals surface area contributed by atoms with Crippen LogP contribution < -0.4 is 0 Å². The Kier molecular flexibility index (Phi) is 4.65. The molecule has 4 aliphatic rings. The predicted molar refractivity (Wildman–Crippen MR) is 110 cm³/mol. The second kappa shape index (κ2) is 7.08. The van der Waals surface area contributed by atoms with Crippen molar-refractivity contribution in [2.24, 2.45) is 16.7 Å². The Morgan fingerprint density at radius 3 is 2.34 bits per heavy atom. The van der Waals surface area contributed by atoms with Crippen LogP contribution in [-0.4, -0.2) is 77.8 Å². The van der Waals surface area contributed by atoms with Crippen LogP contribution in [0.1, 0.15) is 48.9 Å². The van der Waals surface area contributed by atoms with E-state index in [4.69, 9.17) is 0 Å². The molecule has 1 saturated carbocycles. The molecule has 0 bridgehead atoms. The molecule has 3 saturated heterocycles. The third kappa shape index (κ3) is 2.98. The molecule has 5 rings (SSSR count). The van der Waals surface area contributed by atoms with Gasteiger partial charge in [0.05, 0.1) is 5.41 Å². The minimum absolute atomic E-state index is 0.114. The Morgan fingerprint density at radius 1 is 0.966 bits per heavy atom. The van der Waals surface area contributed by atoms with Gasteiger partial charge in [-0.2, -0.15) is 0 Å². The molecule has 0 aromatic carbocycles. The Hall–Kier alpha value is -1.95. The highest BCUT2D eigenvalue weighted by molar-refractivity contribution is 5.94. The van der Waals surface area contributed by atoms with Crippen LogP contribution in [0.25, 0.3) is 0 Å². The lowest BCUT2D eigenvalue weighted by molar-refractivity contribution is -0.142. The van der Waals surface area contributed by atoms with Crippen molar-refractivity contribution in [1.82, 2.24) is 19.7 Å². The molecule has 29 heavy (non-hydrogen) atoms. The summed E-state index contributed by atoms with van der Waals surface area (Å²) in [4.78, 5) is 37.0. The highest BCUT2D eigenvalue weighted by atomic mass is 16.2. The first-order valence-corrected chi connectivity index (χ1v) is 11.2. The van der Waals surface area contributed by atoms with Crippen molar-refractivity contribution in [1.29, 1.82) is 0 Å². The summed E-state index contributed by atoms with van der Waals surface area (Å²) in [6.45, 7) is 5.42. The monoisotopic (exact) mass is 396 g/mol. The molecule has 4 fully saturated rings. The Balaban J connectivity index is 1.33. The topological polar surface area (TPSA) is 56.8 Å².